The molecule has 1 rings (SSSR count). The fourth-order valence-electron chi connectivity index (χ4n) is 2.31. The van der Waals surface area contributed by atoms with Crippen molar-refractivity contribution in [1.82, 2.24) is 9.80 Å². The van der Waals surface area contributed by atoms with Crippen LogP contribution in [-0.2, 0) is 4.79 Å². The highest BCUT2D eigenvalue weighted by Gasteiger charge is 2.25. The van der Waals surface area contributed by atoms with Gasteiger partial charge in [0.15, 0.2) is 0 Å². The van der Waals surface area contributed by atoms with Gasteiger partial charge in [0.1, 0.15) is 0 Å². The number of carboxylic acid groups (broad SMARTS) is 1. The third-order valence-electron chi connectivity index (χ3n) is 3.17. The summed E-state index contributed by atoms with van der Waals surface area (Å²) in [6.45, 7) is 8.54. The van der Waals surface area contributed by atoms with Crippen LogP contribution in [0.1, 0.15) is 26.7 Å². The van der Waals surface area contributed by atoms with E-state index in [-0.39, 0.29) is 6.42 Å². The number of likely N-dealkylation sites (N-methyl/N-ethyl adjacent to an activating group) is 1. The highest BCUT2D eigenvalue weighted by Crippen LogP contribution is 2.15. The summed E-state index contributed by atoms with van der Waals surface area (Å²) in [6, 6.07) is 0.540. The van der Waals surface area contributed by atoms with E-state index in [2.05, 4.69) is 23.6 Å². The zero-order chi connectivity index (χ0) is 12.1. The van der Waals surface area contributed by atoms with Gasteiger partial charge in [-0.15, -0.1) is 0 Å². The van der Waals surface area contributed by atoms with Crippen LogP contribution < -0.4 is 0 Å². The highest BCUT2D eigenvalue weighted by atomic mass is 16.4. The smallest absolute Gasteiger partial charge is 0.304 e. The molecule has 1 aliphatic rings. The summed E-state index contributed by atoms with van der Waals surface area (Å²) in [7, 11) is 2.03. The number of aliphatic carboxylic acids is 1. The predicted molar refractivity (Wildman–Crippen MR) is 64.6 cm³/mol. The number of carboxylic acids is 1. The number of hydrogen-bond acceptors (Lipinski definition) is 3. The van der Waals surface area contributed by atoms with E-state index in [0.29, 0.717) is 18.5 Å². The lowest BCUT2D eigenvalue weighted by atomic mass is 10.2. The summed E-state index contributed by atoms with van der Waals surface area (Å²) in [5, 5.41) is 8.64. The van der Waals surface area contributed by atoms with Gasteiger partial charge < -0.3 is 14.9 Å². The minimum Gasteiger partial charge on any atom is -0.481 e. The van der Waals surface area contributed by atoms with Gasteiger partial charge in [-0.2, -0.15) is 0 Å². The van der Waals surface area contributed by atoms with Crippen molar-refractivity contribution in [3.8, 4) is 0 Å². The first-order chi connectivity index (χ1) is 7.49. The number of nitrogens with zero attached hydrogens (tertiary/aromatic N) is 2. The van der Waals surface area contributed by atoms with E-state index < -0.39 is 5.97 Å². The molecule has 0 bridgehead atoms. The van der Waals surface area contributed by atoms with Crippen LogP contribution in [0, 0.1) is 5.92 Å². The highest BCUT2D eigenvalue weighted by molar-refractivity contribution is 5.66. The third kappa shape index (κ3) is 4.49. The number of likely N-dealkylation sites (tertiary alicyclic amines) is 1. The second-order valence-electron chi connectivity index (χ2n) is 5.22. The van der Waals surface area contributed by atoms with Crippen LogP contribution in [0.5, 0.6) is 0 Å². The summed E-state index contributed by atoms with van der Waals surface area (Å²) >= 11 is 0. The average Bonchev–Trinajstić information content (AvgIpc) is 2.61. The van der Waals surface area contributed by atoms with Crippen molar-refractivity contribution >= 4 is 5.97 Å². The summed E-state index contributed by atoms with van der Waals surface area (Å²) < 4.78 is 0. The zero-order valence-corrected chi connectivity index (χ0v) is 10.6. The Labute approximate surface area is 98.2 Å². The molecule has 1 atom stereocenters. The van der Waals surface area contributed by atoms with Gasteiger partial charge in [-0.1, -0.05) is 13.8 Å². The fourth-order valence-corrected chi connectivity index (χ4v) is 2.31. The molecule has 0 aromatic rings. The maximum Gasteiger partial charge on any atom is 0.304 e. The monoisotopic (exact) mass is 228 g/mol. The Morgan fingerprint density at radius 3 is 2.81 bits per heavy atom. The minimum atomic E-state index is -0.705. The van der Waals surface area contributed by atoms with Gasteiger partial charge >= 0.3 is 5.97 Å². The van der Waals surface area contributed by atoms with Gasteiger partial charge in [0.05, 0.1) is 6.42 Å². The van der Waals surface area contributed by atoms with Gasteiger partial charge in [0.2, 0.25) is 0 Å². The van der Waals surface area contributed by atoms with E-state index in [0.717, 1.165) is 19.6 Å². The van der Waals surface area contributed by atoms with E-state index >= 15 is 0 Å². The van der Waals surface area contributed by atoms with E-state index in [1.165, 1.54) is 6.42 Å². The molecule has 0 amide bonds. The maximum atomic E-state index is 10.5. The molecule has 0 saturated carbocycles. The van der Waals surface area contributed by atoms with Crippen molar-refractivity contribution in [3.63, 3.8) is 0 Å². The lowest BCUT2D eigenvalue weighted by Gasteiger charge is -2.24. The predicted octanol–water partition coefficient (Wildman–Crippen LogP) is 1.12. The minimum absolute atomic E-state index is 0.247. The van der Waals surface area contributed by atoms with Crippen LogP contribution >= 0.6 is 0 Å². The molecule has 0 aliphatic carbocycles. The first-order valence-corrected chi connectivity index (χ1v) is 6.13. The molecule has 0 radical (unpaired) electrons. The quantitative estimate of drug-likeness (QED) is 0.740. The Morgan fingerprint density at radius 1 is 1.56 bits per heavy atom. The van der Waals surface area contributed by atoms with Crippen molar-refractivity contribution in [3.05, 3.63) is 0 Å². The average molecular weight is 228 g/mol. The molecule has 0 aromatic heterocycles. The van der Waals surface area contributed by atoms with Gasteiger partial charge in [-0.25, -0.2) is 0 Å². The van der Waals surface area contributed by atoms with Crippen molar-refractivity contribution in [1.29, 1.82) is 0 Å². The zero-order valence-electron chi connectivity index (χ0n) is 10.6. The number of rotatable bonds is 6. The van der Waals surface area contributed by atoms with Crippen LogP contribution in [0.3, 0.4) is 0 Å². The van der Waals surface area contributed by atoms with Gasteiger partial charge in [-0.3, -0.25) is 4.79 Å². The van der Waals surface area contributed by atoms with Crippen molar-refractivity contribution < 1.29 is 9.90 Å². The third-order valence-corrected chi connectivity index (χ3v) is 3.17. The topological polar surface area (TPSA) is 43.8 Å². The molecule has 1 fully saturated rings. The number of hydrogen-bond donors (Lipinski definition) is 1. The molecule has 1 N–H and O–H groups in total. The van der Waals surface area contributed by atoms with Crippen molar-refractivity contribution in [2.75, 3.05) is 33.2 Å². The summed E-state index contributed by atoms with van der Waals surface area (Å²) in [6.07, 6.45) is 1.42. The molecule has 1 aliphatic heterocycles. The Morgan fingerprint density at radius 2 is 2.25 bits per heavy atom. The second kappa shape index (κ2) is 6.21. The van der Waals surface area contributed by atoms with Crippen LogP contribution in [0.2, 0.25) is 0 Å². The van der Waals surface area contributed by atoms with E-state index in [1.54, 1.807) is 0 Å². The lowest BCUT2D eigenvalue weighted by molar-refractivity contribution is -0.137. The molecular formula is C12H24N2O2. The standard InChI is InChI=1S/C12H24N2O2/c1-10(2)8-14-7-4-11(9-14)13(3)6-5-12(15)16/h10-11H,4-9H2,1-3H3,(H,15,16). The van der Waals surface area contributed by atoms with Crippen LogP contribution in [0.25, 0.3) is 0 Å². The largest absolute Gasteiger partial charge is 0.481 e. The van der Waals surface area contributed by atoms with E-state index in [9.17, 15) is 4.79 Å². The summed E-state index contributed by atoms with van der Waals surface area (Å²) in [4.78, 5) is 15.2. The molecule has 0 spiro atoms. The van der Waals surface area contributed by atoms with Crippen molar-refractivity contribution in [2.24, 2.45) is 5.92 Å². The maximum absolute atomic E-state index is 10.5. The molecule has 94 valence electrons. The van der Waals surface area contributed by atoms with Crippen LogP contribution in [-0.4, -0.2) is 60.1 Å². The lowest BCUT2D eigenvalue weighted by Crippen LogP contribution is -2.36. The molecule has 16 heavy (non-hydrogen) atoms. The number of carbonyl (C=O) groups is 1. The molecule has 1 heterocycles. The molecule has 1 saturated heterocycles. The normalized spacial score (nSPS) is 22.2. The molecule has 4 heteroatoms. The van der Waals surface area contributed by atoms with E-state index in [1.807, 2.05) is 7.05 Å². The van der Waals surface area contributed by atoms with Gasteiger partial charge in [0.25, 0.3) is 0 Å². The van der Waals surface area contributed by atoms with Crippen molar-refractivity contribution in [2.45, 2.75) is 32.7 Å². The van der Waals surface area contributed by atoms with E-state index in [4.69, 9.17) is 5.11 Å². The summed E-state index contributed by atoms with van der Waals surface area (Å²) in [5.41, 5.74) is 0. The Bertz CT molecular complexity index is 231. The van der Waals surface area contributed by atoms with Gasteiger partial charge in [0, 0.05) is 25.7 Å². The summed E-state index contributed by atoms with van der Waals surface area (Å²) in [5.74, 6) is 0.00644. The van der Waals surface area contributed by atoms with Crippen LogP contribution in [0.15, 0.2) is 0 Å². The first kappa shape index (κ1) is 13.5. The van der Waals surface area contributed by atoms with Gasteiger partial charge in [-0.05, 0) is 25.9 Å². The Hall–Kier alpha value is -0.610. The Kier molecular flexibility index (Phi) is 5.22. The first-order valence-electron chi connectivity index (χ1n) is 6.13. The molecule has 0 aromatic carbocycles. The molecule has 4 nitrogen and oxygen atoms in total. The van der Waals surface area contributed by atoms with Crippen LogP contribution in [0.4, 0.5) is 0 Å². The Balaban J connectivity index is 2.26. The SMILES string of the molecule is CC(C)CN1CCC(N(C)CCC(=O)O)C1. The molecule has 1 unspecified atom stereocenters. The fraction of sp³-hybridized carbons (Fsp3) is 0.917. The molecular weight excluding hydrogens is 204 g/mol. The second-order valence-corrected chi connectivity index (χ2v) is 5.22.